The Bertz CT molecular complexity index is 2510. The molecule has 73 heavy (non-hydrogen) atoms. The molecular weight excluding hydrogens is 939 g/mol. The number of amides is 2. The van der Waals surface area contributed by atoms with Crippen LogP contribution < -0.4 is 5.32 Å². The first-order valence-corrected chi connectivity index (χ1v) is 25.4. The molecule has 13 atom stereocenters. The number of hydrogen-bond acceptors (Lipinski definition) is 14. The summed E-state index contributed by atoms with van der Waals surface area (Å²) in [5.74, 6) is -7.29. The predicted molar refractivity (Wildman–Crippen MR) is 267 cm³/mol. The highest BCUT2D eigenvalue weighted by Crippen LogP contribution is 2.46. The molecule has 4 aliphatic rings. The quantitative estimate of drug-likeness (QED) is 0.0303. The summed E-state index contributed by atoms with van der Waals surface area (Å²) in [5.41, 5.74) is 10.4. The smallest absolute Gasteiger partial charge is 0.410 e. The molecule has 0 bridgehead atoms. The van der Waals surface area contributed by atoms with Gasteiger partial charge in [0.1, 0.15) is 30.5 Å². The summed E-state index contributed by atoms with van der Waals surface area (Å²) in [5, 5.41) is 6.57. The molecule has 7 rings (SSSR count). The zero-order valence-corrected chi connectivity index (χ0v) is 43.2. The Labute approximate surface area is 426 Å². The maximum Gasteiger partial charge on any atom is 0.410 e. The summed E-state index contributed by atoms with van der Waals surface area (Å²) in [6.07, 6.45) is -4.74. The van der Waals surface area contributed by atoms with Gasteiger partial charge in [0.15, 0.2) is 17.7 Å². The van der Waals surface area contributed by atoms with Crippen molar-refractivity contribution in [3.05, 3.63) is 106 Å². The van der Waals surface area contributed by atoms with Gasteiger partial charge in [0.2, 0.25) is 0 Å². The summed E-state index contributed by atoms with van der Waals surface area (Å²) in [6.45, 7) is 13.6. The lowest BCUT2D eigenvalue weighted by molar-refractivity contribution is -0.274. The number of carbonyl (C=O) groups is 6. The maximum absolute atomic E-state index is 14.9. The van der Waals surface area contributed by atoms with E-state index in [0.29, 0.717) is 18.4 Å². The fourth-order valence-corrected chi connectivity index (χ4v) is 11.6. The molecule has 392 valence electrons. The average molecular weight is 1010 g/mol. The number of esters is 2. The number of nitrogens with zero attached hydrogens (tertiary/aromatic N) is 4. The molecule has 0 spiro atoms. The molecule has 18 heteroatoms. The van der Waals surface area contributed by atoms with Gasteiger partial charge >= 0.3 is 24.1 Å². The van der Waals surface area contributed by atoms with Crippen molar-refractivity contribution in [3.8, 4) is 11.1 Å². The number of ketones is 2. The maximum atomic E-state index is 14.9. The number of alkyl carbamates (subject to hydrolysis) is 1. The third kappa shape index (κ3) is 11.3. The highest BCUT2D eigenvalue weighted by Gasteiger charge is 2.60. The van der Waals surface area contributed by atoms with Crippen molar-refractivity contribution in [2.75, 3.05) is 33.4 Å². The van der Waals surface area contributed by atoms with Gasteiger partial charge in [-0.25, -0.2) is 14.4 Å². The van der Waals surface area contributed by atoms with Gasteiger partial charge < -0.3 is 43.4 Å². The van der Waals surface area contributed by atoms with Gasteiger partial charge in [0.25, 0.3) is 0 Å². The van der Waals surface area contributed by atoms with Crippen LogP contribution in [0.1, 0.15) is 108 Å². The number of nitrogens with one attached hydrogen (secondary N) is 1. The second-order valence-electron chi connectivity index (χ2n) is 20.3. The summed E-state index contributed by atoms with van der Waals surface area (Å²) in [4.78, 5) is 89.4. The molecule has 0 radical (unpaired) electrons. The number of rotatable bonds is 14. The van der Waals surface area contributed by atoms with Gasteiger partial charge in [-0.15, -0.1) is 0 Å². The second kappa shape index (κ2) is 23.3. The molecule has 3 fully saturated rings. The van der Waals surface area contributed by atoms with Crippen molar-refractivity contribution >= 4 is 35.7 Å². The number of benzene rings is 3. The van der Waals surface area contributed by atoms with Crippen LogP contribution in [0.4, 0.5) is 9.59 Å². The van der Waals surface area contributed by atoms with E-state index in [1.165, 1.54) is 18.9 Å². The Morgan fingerprint density at radius 2 is 1.52 bits per heavy atom. The van der Waals surface area contributed by atoms with Gasteiger partial charge in [0.05, 0.1) is 36.0 Å². The predicted octanol–water partition coefficient (Wildman–Crippen LogP) is 8.98. The van der Waals surface area contributed by atoms with Gasteiger partial charge in [-0.1, -0.05) is 106 Å². The van der Waals surface area contributed by atoms with E-state index in [1.807, 2.05) is 48.5 Å². The summed E-state index contributed by atoms with van der Waals surface area (Å²) < 4.78 is 43.8. The highest BCUT2D eigenvalue weighted by molar-refractivity contribution is 6.00. The van der Waals surface area contributed by atoms with Crippen molar-refractivity contribution < 1.29 is 61.9 Å². The van der Waals surface area contributed by atoms with E-state index in [-0.39, 0.29) is 50.8 Å². The highest BCUT2D eigenvalue weighted by atomic mass is 16.7. The molecule has 3 saturated heterocycles. The molecule has 3 aromatic carbocycles. The molecule has 1 aliphatic carbocycles. The molecule has 3 heterocycles. The van der Waals surface area contributed by atoms with E-state index in [0.717, 1.165) is 22.3 Å². The Hall–Kier alpha value is -6.33. The third-order valence-corrected chi connectivity index (χ3v) is 15.6. The van der Waals surface area contributed by atoms with E-state index in [9.17, 15) is 28.8 Å². The first kappa shape index (κ1) is 54.4. The summed E-state index contributed by atoms with van der Waals surface area (Å²) >= 11 is 0. The van der Waals surface area contributed by atoms with Crippen LogP contribution >= 0.6 is 0 Å². The standard InChI is InChI=1S/C55H69N5O13/c1-10-43-55(8)47(60(53(66)73-55)27-19-18-26-57-59-56)33(4)45(61)31(2)28-54(7,67-9)48(34(5)46(62)35(6)49(63)71-43)72-51-32(3)44(42(30-68-51)70-50(64)36-20-12-11-13-21-36)58-52(65)69-29-41-39-24-16-14-22-37(39)38-23-15-17-25-40(38)41/h11-17,20-25,31-35,41-44,47-48,51H,10,18-19,26-30H2,1-9H3,(H,58,65)/t31-,32?,33+,34+,35-,42?,43-,44?,47-,48-,51?,54+,55-/m1/s1. The number of hydrogen-bond donors (Lipinski definition) is 1. The van der Waals surface area contributed by atoms with Crippen LogP contribution in [0, 0.1) is 29.6 Å². The number of Topliss-reactive ketones (excluding diaryl/α,β-unsaturated/α-hetero) is 2. The molecule has 1 N–H and O–H groups in total. The minimum atomic E-state index is -1.48. The largest absolute Gasteiger partial charge is 0.458 e. The molecule has 2 amide bonds. The van der Waals surface area contributed by atoms with Gasteiger partial charge in [-0.2, -0.15) is 0 Å². The van der Waals surface area contributed by atoms with Gasteiger partial charge in [0, 0.05) is 54.7 Å². The van der Waals surface area contributed by atoms with Crippen LogP contribution in [0.2, 0.25) is 0 Å². The third-order valence-electron chi connectivity index (χ3n) is 15.6. The zero-order chi connectivity index (χ0) is 52.8. The van der Waals surface area contributed by atoms with Crippen LogP contribution in [0.3, 0.4) is 0 Å². The second-order valence-corrected chi connectivity index (χ2v) is 20.3. The minimum Gasteiger partial charge on any atom is -0.458 e. The van der Waals surface area contributed by atoms with Crippen LogP contribution in [0.5, 0.6) is 0 Å². The zero-order valence-electron chi connectivity index (χ0n) is 43.2. The Morgan fingerprint density at radius 3 is 2.15 bits per heavy atom. The van der Waals surface area contributed by atoms with E-state index >= 15 is 0 Å². The van der Waals surface area contributed by atoms with Crippen molar-refractivity contribution in [1.29, 1.82) is 0 Å². The SMILES string of the molecule is CC[C@H]1OC(=O)[C@H](C)C(=O)[C@H](C)[C@@H](OC2OCC(OC(=O)c3ccccc3)C(NC(=O)OCC3c4ccccc4-c4ccccc43)C2C)[C@@](C)(OC)C[C@@H](C)C(=O)[C@H](C)[C@H]2N(CCCCN=[N+]=[N-])C(=O)O[C@]12C. The van der Waals surface area contributed by atoms with Crippen LogP contribution in [0.25, 0.3) is 21.6 Å². The van der Waals surface area contributed by atoms with E-state index < -0.39 is 107 Å². The Balaban J connectivity index is 1.17. The van der Waals surface area contributed by atoms with E-state index in [1.54, 1.807) is 78.8 Å². The fourth-order valence-electron chi connectivity index (χ4n) is 11.6. The van der Waals surface area contributed by atoms with Crippen LogP contribution in [-0.2, 0) is 47.5 Å². The number of unbranched alkanes of at least 4 members (excludes halogenated alkanes) is 1. The molecule has 18 nitrogen and oxygen atoms in total. The van der Waals surface area contributed by atoms with Crippen molar-refractivity contribution in [1.82, 2.24) is 10.2 Å². The summed E-state index contributed by atoms with van der Waals surface area (Å²) in [6, 6.07) is 22.6. The Morgan fingerprint density at radius 1 is 0.877 bits per heavy atom. The number of methoxy groups -OCH3 is 1. The van der Waals surface area contributed by atoms with Crippen LogP contribution in [0.15, 0.2) is 84.0 Å². The van der Waals surface area contributed by atoms with E-state index in [4.69, 9.17) is 38.7 Å². The number of cyclic esters (lactones) is 1. The number of ether oxygens (including phenoxy) is 7. The molecule has 3 aliphatic heterocycles. The molecule has 0 saturated carbocycles. The molecule has 4 unspecified atom stereocenters. The minimum absolute atomic E-state index is 0.0229. The van der Waals surface area contributed by atoms with E-state index in [2.05, 4.69) is 15.3 Å². The first-order valence-electron chi connectivity index (χ1n) is 25.4. The fraction of sp³-hybridized carbons (Fsp3) is 0.564. The molecule has 0 aromatic heterocycles. The first-order chi connectivity index (χ1) is 34.9. The summed E-state index contributed by atoms with van der Waals surface area (Å²) in [7, 11) is 1.45. The van der Waals surface area contributed by atoms with Crippen molar-refractivity contribution in [2.24, 2.45) is 34.7 Å². The lowest BCUT2D eigenvalue weighted by Crippen LogP contribution is -2.61. The number of fused-ring (bicyclic) bond motifs is 4. The van der Waals surface area contributed by atoms with Gasteiger partial charge in [-0.3, -0.25) is 14.4 Å². The number of carbonyl (C=O) groups excluding carboxylic acids is 6. The van der Waals surface area contributed by atoms with Crippen LogP contribution in [-0.4, -0.2) is 122 Å². The van der Waals surface area contributed by atoms with Gasteiger partial charge in [-0.05, 0) is 86.4 Å². The monoisotopic (exact) mass is 1010 g/mol. The average Bonchev–Trinajstić information content (AvgIpc) is 3.85. The Kier molecular flexibility index (Phi) is 17.3. The molecular formula is C55H69N5O13. The topological polar surface area (TPSA) is 231 Å². The van der Waals surface area contributed by atoms with Crippen molar-refractivity contribution in [3.63, 3.8) is 0 Å². The number of azide groups is 1. The van der Waals surface area contributed by atoms with Crippen molar-refractivity contribution in [2.45, 2.75) is 135 Å². The molecule has 3 aromatic rings. The lowest BCUT2D eigenvalue weighted by atomic mass is 9.73. The normalized spacial score (nSPS) is 31.7. The lowest BCUT2D eigenvalue weighted by Gasteiger charge is -2.47.